The molecule has 21 heavy (non-hydrogen) atoms. The van der Waals surface area contributed by atoms with Gasteiger partial charge in [-0.3, -0.25) is 9.69 Å². The van der Waals surface area contributed by atoms with Gasteiger partial charge in [0.25, 0.3) is 0 Å². The van der Waals surface area contributed by atoms with Crippen molar-refractivity contribution in [3.05, 3.63) is 35.9 Å². The monoisotopic (exact) mass is 293 g/mol. The lowest BCUT2D eigenvalue weighted by Crippen LogP contribution is -2.40. The van der Waals surface area contributed by atoms with Crippen LogP contribution in [0.5, 0.6) is 0 Å². The predicted molar refractivity (Wildman–Crippen MR) is 78.7 cm³/mol. The van der Waals surface area contributed by atoms with Gasteiger partial charge in [-0.25, -0.2) is 0 Å². The molecule has 0 amide bonds. The largest absolute Gasteiger partial charge is 0.465 e. The number of carbonyl (C=O) groups excluding carboxylic acids is 1. The van der Waals surface area contributed by atoms with Crippen LogP contribution in [0.25, 0.3) is 0 Å². The summed E-state index contributed by atoms with van der Waals surface area (Å²) < 4.78 is 15.8. The first-order valence-corrected chi connectivity index (χ1v) is 7.39. The third-order valence-corrected chi connectivity index (χ3v) is 3.34. The zero-order valence-electron chi connectivity index (χ0n) is 12.5. The van der Waals surface area contributed by atoms with Crippen molar-refractivity contribution in [1.82, 2.24) is 4.90 Å². The van der Waals surface area contributed by atoms with Crippen LogP contribution in [-0.4, -0.2) is 50.1 Å². The first-order valence-electron chi connectivity index (χ1n) is 7.39. The minimum Gasteiger partial charge on any atom is -0.465 e. The van der Waals surface area contributed by atoms with Crippen LogP contribution in [0.1, 0.15) is 18.9 Å². The summed E-state index contributed by atoms with van der Waals surface area (Å²) >= 11 is 0. The summed E-state index contributed by atoms with van der Waals surface area (Å²) in [6.45, 7) is 4.97. The van der Waals surface area contributed by atoms with E-state index >= 15 is 0 Å². The number of nitrogens with zero attached hydrogens (tertiary/aromatic N) is 1. The minimum atomic E-state index is -0.194. The van der Waals surface area contributed by atoms with Gasteiger partial charge in [-0.15, -0.1) is 0 Å². The van der Waals surface area contributed by atoms with Gasteiger partial charge in [0.1, 0.15) is 6.79 Å². The van der Waals surface area contributed by atoms with Crippen LogP contribution >= 0.6 is 0 Å². The maximum atomic E-state index is 11.8. The molecule has 2 rings (SSSR count). The Kier molecular flexibility index (Phi) is 6.66. The van der Waals surface area contributed by atoms with Gasteiger partial charge >= 0.3 is 5.97 Å². The zero-order chi connectivity index (χ0) is 14.9. The molecular formula is C16H23NO4. The molecule has 116 valence electrons. The molecule has 1 aliphatic rings. The Balaban J connectivity index is 1.93. The van der Waals surface area contributed by atoms with Gasteiger partial charge in [-0.2, -0.15) is 0 Å². The van der Waals surface area contributed by atoms with Gasteiger partial charge in [0.15, 0.2) is 0 Å². The van der Waals surface area contributed by atoms with Crippen molar-refractivity contribution in [2.75, 3.05) is 33.1 Å². The Bertz CT molecular complexity index is 418. The van der Waals surface area contributed by atoms with E-state index < -0.39 is 0 Å². The van der Waals surface area contributed by atoms with Gasteiger partial charge in [0, 0.05) is 13.1 Å². The van der Waals surface area contributed by atoms with Crippen LogP contribution in [-0.2, 0) is 25.5 Å². The molecule has 1 aromatic rings. The Labute approximate surface area is 125 Å². The van der Waals surface area contributed by atoms with Crippen molar-refractivity contribution >= 4 is 5.97 Å². The van der Waals surface area contributed by atoms with E-state index in [1.165, 1.54) is 5.56 Å². The number of esters is 1. The number of hydrogen-bond donors (Lipinski definition) is 0. The molecule has 5 nitrogen and oxygen atoms in total. The SMILES string of the molecule is CCOC(=O)CN(Cc1ccccc1)CC1CCOCO1. The molecule has 1 aliphatic heterocycles. The molecule has 1 atom stereocenters. The number of hydrogen-bond acceptors (Lipinski definition) is 5. The molecular weight excluding hydrogens is 270 g/mol. The normalized spacial score (nSPS) is 18.7. The van der Waals surface area contributed by atoms with E-state index in [-0.39, 0.29) is 18.6 Å². The lowest BCUT2D eigenvalue weighted by Gasteiger charge is -2.29. The maximum Gasteiger partial charge on any atom is 0.320 e. The highest BCUT2D eigenvalue weighted by molar-refractivity contribution is 5.71. The molecule has 1 heterocycles. The van der Waals surface area contributed by atoms with Gasteiger partial charge < -0.3 is 14.2 Å². The number of ether oxygens (including phenoxy) is 3. The fourth-order valence-corrected chi connectivity index (χ4v) is 2.35. The number of carbonyl (C=O) groups is 1. The molecule has 1 fully saturated rings. The maximum absolute atomic E-state index is 11.8. The quantitative estimate of drug-likeness (QED) is 0.718. The second-order valence-electron chi connectivity index (χ2n) is 5.06. The number of benzene rings is 1. The summed E-state index contributed by atoms with van der Waals surface area (Å²) in [5.41, 5.74) is 1.17. The Morgan fingerprint density at radius 1 is 1.38 bits per heavy atom. The molecule has 0 radical (unpaired) electrons. The molecule has 0 saturated carbocycles. The average Bonchev–Trinajstić information content (AvgIpc) is 2.49. The lowest BCUT2D eigenvalue weighted by atomic mass is 10.2. The summed E-state index contributed by atoms with van der Waals surface area (Å²) in [7, 11) is 0. The van der Waals surface area contributed by atoms with Gasteiger partial charge in [-0.1, -0.05) is 30.3 Å². The van der Waals surface area contributed by atoms with Crippen LogP contribution in [0.15, 0.2) is 30.3 Å². The molecule has 1 unspecified atom stereocenters. The van der Waals surface area contributed by atoms with Crippen molar-refractivity contribution in [2.24, 2.45) is 0 Å². The van der Waals surface area contributed by atoms with Crippen LogP contribution in [0.2, 0.25) is 0 Å². The molecule has 0 spiro atoms. The van der Waals surface area contributed by atoms with Gasteiger partial charge in [-0.05, 0) is 18.9 Å². The topological polar surface area (TPSA) is 48.0 Å². The minimum absolute atomic E-state index is 0.108. The van der Waals surface area contributed by atoms with Crippen molar-refractivity contribution < 1.29 is 19.0 Å². The first kappa shape index (κ1) is 15.9. The zero-order valence-corrected chi connectivity index (χ0v) is 12.5. The highest BCUT2D eigenvalue weighted by atomic mass is 16.7. The van der Waals surface area contributed by atoms with E-state index in [0.29, 0.717) is 33.1 Å². The second-order valence-corrected chi connectivity index (χ2v) is 5.06. The molecule has 0 aliphatic carbocycles. The molecule has 1 aromatic carbocycles. The summed E-state index contributed by atoms with van der Waals surface area (Å²) in [6.07, 6.45) is 0.964. The predicted octanol–water partition coefficient (Wildman–Crippen LogP) is 1.81. The molecule has 1 saturated heterocycles. The highest BCUT2D eigenvalue weighted by Crippen LogP contribution is 2.11. The number of rotatable bonds is 7. The van der Waals surface area contributed by atoms with Gasteiger partial charge in [0.05, 0.1) is 25.9 Å². The molecule has 5 heteroatoms. The summed E-state index contributed by atoms with van der Waals surface area (Å²) in [4.78, 5) is 13.8. The van der Waals surface area contributed by atoms with Crippen LogP contribution in [0.4, 0.5) is 0 Å². The van der Waals surface area contributed by atoms with Crippen LogP contribution in [0.3, 0.4) is 0 Å². The molecule has 0 aromatic heterocycles. The van der Waals surface area contributed by atoms with Gasteiger partial charge in [0.2, 0.25) is 0 Å². The standard InChI is InChI=1S/C16H23NO4/c1-2-20-16(18)12-17(10-14-6-4-3-5-7-14)11-15-8-9-19-13-21-15/h3-7,15H,2,8-13H2,1H3. The Morgan fingerprint density at radius 3 is 2.86 bits per heavy atom. The molecule has 0 N–H and O–H groups in total. The second kappa shape index (κ2) is 8.77. The first-order chi connectivity index (χ1) is 10.3. The van der Waals surface area contributed by atoms with E-state index in [4.69, 9.17) is 14.2 Å². The highest BCUT2D eigenvalue weighted by Gasteiger charge is 2.20. The Hall–Kier alpha value is -1.43. The van der Waals surface area contributed by atoms with E-state index in [9.17, 15) is 4.79 Å². The van der Waals surface area contributed by atoms with E-state index in [0.717, 1.165) is 6.42 Å². The van der Waals surface area contributed by atoms with Crippen molar-refractivity contribution in [1.29, 1.82) is 0 Å². The van der Waals surface area contributed by atoms with Crippen molar-refractivity contribution in [3.8, 4) is 0 Å². The van der Waals surface area contributed by atoms with Crippen molar-refractivity contribution in [3.63, 3.8) is 0 Å². The summed E-state index contributed by atoms with van der Waals surface area (Å²) in [5, 5.41) is 0. The van der Waals surface area contributed by atoms with Crippen LogP contribution in [0, 0.1) is 0 Å². The summed E-state index contributed by atoms with van der Waals surface area (Å²) in [5.74, 6) is -0.194. The fraction of sp³-hybridized carbons (Fsp3) is 0.562. The third kappa shape index (κ3) is 5.83. The van der Waals surface area contributed by atoms with Crippen LogP contribution < -0.4 is 0 Å². The Morgan fingerprint density at radius 2 is 2.19 bits per heavy atom. The van der Waals surface area contributed by atoms with E-state index in [1.54, 1.807) is 0 Å². The third-order valence-electron chi connectivity index (χ3n) is 3.34. The van der Waals surface area contributed by atoms with E-state index in [1.807, 2.05) is 25.1 Å². The van der Waals surface area contributed by atoms with Crippen molar-refractivity contribution in [2.45, 2.75) is 26.0 Å². The fourth-order valence-electron chi connectivity index (χ4n) is 2.35. The summed E-state index contributed by atoms with van der Waals surface area (Å²) in [6, 6.07) is 10.1. The lowest BCUT2D eigenvalue weighted by molar-refractivity contribution is -0.152. The van der Waals surface area contributed by atoms with E-state index in [2.05, 4.69) is 17.0 Å². The smallest absolute Gasteiger partial charge is 0.320 e. The average molecular weight is 293 g/mol. The molecule has 0 bridgehead atoms.